The molecular weight excluding hydrogens is 260 g/mol. The summed E-state index contributed by atoms with van der Waals surface area (Å²) < 4.78 is 0. The summed E-state index contributed by atoms with van der Waals surface area (Å²) in [6.07, 6.45) is 7.58. The van der Waals surface area contributed by atoms with Crippen molar-refractivity contribution in [1.82, 2.24) is 9.80 Å². The lowest BCUT2D eigenvalue weighted by atomic mass is 9.91. The minimum atomic E-state index is 0.226. The molecule has 1 aliphatic carbocycles. The van der Waals surface area contributed by atoms with E-state index in [9.17, 15) is 4.79 Å². The molecule has 2 fully saturated rings. The molecule has 3 heteroatoms. The lowest BCUT2D eigenvalue weighted by Gasteiger charge is -2.36. The molecule has 1 saturated carbocycles. The first-order chi connectivity index (χ1) is 10.3. The number of hydrogen-bond donors (Lipinski definition) is 0. The summed E-state index contributed by atoms with van der Waals surface area (Å²) in [5, 5.41) is 0. The Labute approximate surface area is 126 Å². The maximum absolute atomic E-state index is 12.3. The molecule has 4 rings (SSSR count). The molecule has 1 amide bonds. The second-order valence-electron chi connectivity index (χ2n) is 6.75. The number of fused-ring (bicyclic) bond motifs is 1. The Morgan fingerprint density at radius 2 is 1.71 bits per heavy atom. The van der Waals surface area contributed by atoms with Gasteiger partial charge in [-0.05, 0) is 55.4 Å². The summed E-state index contributed by atoms with van der Waals surface area (Å²) in [7, 11) is 0. The fraction of sp³-hybridized carbons (Fsp3) is 0.611. The third-order valence-electron chi connectivity index (χ3n) is 5.52. The highest BCUT2D eigenvalue weighted by Crippen LogP contribution is 2.28. The molecule has 3 nitrogen and oxygen atoms in total. The van der Waals surface area contributed by atoms with Crippen molar-refractivity contribution in [3.8, 4) is 0 Å². The molecule has 1 aromatic carbocycles. The predicted octanol–water partition coefficient (Wildman–Crippen LogP) is 2.49. The minimum absolute atomic E-state index is 0.226. The molecule has 3 aliphatic rings. The highest BCUT2D eigenvalue weighted by atomic mass is 16.2. The molecule has 2 aliphatic heterocycles. The summed E-state index contributed by atoms with van der Waals surface area (Å²) in [5.41, 5.74) is 3.76. The number of benzene rings is 1. The maximum atomic E-state index is 12.3. The number of amides is 1. The van der Waals surface area contributed by atoms with Gasteiger partial charge in [0, 0.05) is 37.8 Å². The highest BCUT2D eigenvalue weighted by molar-refractivity contribution is 5.95. The quantitative estimate of drug-likeness (QED) is 0.833. The topological polar surface area (TPSA) is 23.6 Å². The van der Waals surface area contributed by atoms with Gasteiger partial charge in [0.25, 0.3) is 5.91 Å². The van der Waals surface area contributed by atoms with Crippen LogP contribution in [0.15, 0.2) is 18.2 Å². The first-order valence-electron chi connectivity index (χ1n) is 8.46. The Morgan fingerprint density at radius 3 is 2.33 bits per heavy atom. The average Bonchev–Trinajstić information content (AvgIpc) is 2.57. The highest BCUT2D eigenvalue weighted by Gasteiger charge is 2.27. The predicted molar refractivity (Wildman–Crippen MR) is 83.6 cm³/mol. The summed E-state index contributed by atoms with van der Waals surface area (Å²) in [5.74, 6) is 0.226. The van der Waals surface area contributed by atoms with Crippen molar-refractivity contribution in [1.29, 1.82) is 0 Å². The third-order valence-corrected chi connectivity index (χ3v) is 5.52. The molecule has 0 aromatic heterocycles. The van der Waals surface area contributed by atoms with E-state index >= 15 is 0 Å². The van der Waals surface area contributed by atoms with E-state index in [4.69, 9.17) is 0 Å². The maximum Gasteiger partial charge on any atom is 0.253 e. The largest absolute Gasteiger partial charge is 0.339 e. The van der Waals surface area contributed by atoms with Gasteiger partial charge in [-0.1, -0.05) is 12.5 Å². The Kier molecular flexibility index (Phi) is 3.46. The van der Waals surface area contributed by atoms with Crippen molar-refractivity contribution in [2.45, 2.75) is 44.6 Å². The third kappa shape index (κ3) is 2.48. The van der Waals surface area contributed by atoms with Crippen LogP contribution in [0, 0.1) is 0 Å². The van der Waals surface area contributed by atoms with Crippen LogP contribution in [0.1, 0.15) is 47.2 Å². The zero-order chi connectivity index (χ0) is 14.2. The molecule has 0 radical (unpaired) electrons. The van der Waals surface area contributed by atoms with E-state index in [-0.39, 0.29) is 5.91 Å². The van der Waals surface area contributed by atoms with E-state index in [1.165, 1.54) is 43.5 Å². The Balaban J connectivity index is 1.50. The first kappa shape index (κ1) is 13.3. The molecule has 0 bridgehead atoms. The van der Waals surface area contributed by atoms with Crippen LogP contribution in [0.4, 0.5) is 0 Å². The van der Waals surface area contributed by atoms with E-state index in [1.807, 2.05) is 11.0 Å². The molecular formula is C18H24N2O. The monoisotopic (exact) mass is 284 g/mol. The van der Waals surface area contributed by atoms with Crippen LogP contribution in [0.25, 0.3) is 0 Å². The van der Waals surface area contributed by atoms with Gasteiger partial charge in [0.15, 0.2) is 0 Å². The Morgan fingerprint density at radius 1 is 0.952 bits per heavy atom. The molecule has 1 aromatic rings. The van der Waals surface area contributed by atoms with Gasteiger partial charge in [0.2, 0.25) is 0 Å². The van der Waals surface area contributed by atoms with Crippen molar-refractivity contribution in [2.75, 3.05) is 26.2 Å². The second kappa shape index (κ2) is 5.45. The summed E-state index contributed by atoms with van der Waals surface area (Å²) in [4.78, 5) is 17.0. The van der Waals surface area contributed by atoms with E-state index in [2.05, 4.69) is 17.0 Å². The van der Waals surface area contributed by atoms with Crippen LogP contribution >= 0.6 is 0 Å². The van der Waals surface area contributed by atoms with E-state index in [1.54, 1.807) is 0 Å². The number of nitrogens with zero attached hydrogens (tertiary/aromatic N) is 2. The lowest BCUT2D eigenvalue weighted by molar-refractivity contribution is 0.0651. The van der Waals surface area contributed by atoms with Gasteiger partial charge in [0.1, 0.15) is 0 Å². The second-order valence-corrected chi connectivity index (χ2v) is 6.75. The van der Waals surface area contributed by atoms with Crippen molar-refractivity contribution in [3.05, 3.63) is 34.9 Å². The van der Waals surface area contributed by atoms with Crippen LogP contribution in [-0.4, -0.2) is 47.9 Å². The van der Waals surface area contributed by atoms with Crippen molar-refractivity contribution < 1.29 is 4.79 Å². The van der Waals surface area contributed by atoms with Crippen LogP contribution in [0.2, 0.25) is 0 Å². The fourth-order valence-corrected chi connectivity index (χ4v) is 3.69. The van der Waals surface area contributed by atoms with Gasteiger partial charge >= 0.3 is 0 Å². The molecule has 0 unspecified atom stereocenters. The smallest absolute Gasteiger partial charge is 0.253 e. The molecule has 0 N–H and O–H groups in total. The molecule has 21 heavy (non-hydrogen) atoms. The molecule has 112 valence electrons. The van der Waals surface area contributed by atoms with E-state index in [0.29, 0.717) is 0 Å². The molecule has 1 saturated heterocycles. The lowest BCUT2D eigenvalue weighted by Crippen LogP contribution is -2.42. The SMILES string of the molecule is O=C(c1ccc2c(c1)CCN(C1CCC1)CC2)N1CCC1. The van der Waals surface area contributed by atoms with Gasteiger partial charge < -0.3 is 4.90 Å². The summed E-state index contributed by atoms with van der Waals surface area (Å²) in [6.45, 7) is 4.23. The molecule has 0 atom stereocenters. The van der Waals surface area contributed by atoms with Gasteiger partial charge in [0.05, 0.1) is 0 Å². The molecule has 0 spiro atoms. The summed E-state index contributed by atoms with van der Waals surface area (Å²) >= 11 is 0. The van der Waals surface area contributed by atoms with Gasteiger partial charge in [-0.2, -0.15) is 0 Å². The average molecular weight is 284 g/mol. The molecule has 2 heterocycles. The van der Waals surface area contributed by atoms with Crippen LogP contribution in [0.3, 0.4) is 0 Å². The number of rotatable bonds is 2. The zero-order valence-corrected chi connectivity index (χ0v) is 12.7. The van der Waals surface area contributed by atoms with Crippen LogP contribution < -0.4 is 0 Å². The van der Waals surface area contributed by atoms with Gasteiger partial charge in [-0.25, -0.2) is 0 Å². The number of hydrogen-bond acceptors (Lipinski definition) is 2. The standard InChI is InChI=1S/C18H24N2O/c21-18(20-9-2-10-20)16-6-5-14-7-11-19(17-3-1-4-17)12-8-15(14)13-16/h5-6,13,17H,1-4,7-12H2. The summed E-state index contributed by atoms with van der Waals surface area (Å²) in [6, 6.07) is 7.24. The number of carbonyl (C=O) groups excluding carboxylic acids is 1. The van der Waals surface area contributed by atoms with E-state index in [0.717, 1.165) is 44.0 Å². The normalized spacial score (nSPS) is 23.0. The van der Waals surface area contributed by atoms with E-state index < -0.39 is 0 Å². The Bertz CT molecular complexity index is 546. The zero-order valence-electron chi connectivity index (χ0n) is 12.7. The van der Waals surface area contributed by atoms with Crippen molar-refractivity contribution >= 4 is 5.91 Å². The number of carbonyl (C=O) groups is 1. The first-order valence-corrected chi connectivity index (χ1v) is 8.46. The van der Waals surface area contributed by atoms with Crippen LogP contribution in [-0.2, 0) is 12.8 Å². The van der Waals surface area contributed by atoms with Gasteiger partial charge in [-0.3, -0.25) is 9.69 Å². The van der Waals surface area contributed by atoms with Crippen LogP contribution in [0.5, 0.6) is 0 Å². The van der Waals surface area contributed by atoms with Crippen molar-refractivity contribution in [3.63, 3.8) is 0 Å². The number of likely N-dealkylation sites (tertiary alicyclic amines) is 1. The van der Waals surface area contributed by atoms with Gasteiger partial charge in [-0.15, -0.1) is 0 Å². The fourth-order valence-electron chi connectivity index (χ4n) is 3.69. The van der Waals surface area contributed by atoms with Crippen molar-refractivity contribution in [2.24, 2.45) is 0 Å². The Hall–Kier alpha value is -1.35. The minimum Gasteiger partial charge on any atom is -0.339 e.